The van der Waals surface area contributed by atoms with Crippen molar-refractivity contribution in [2.24, 2.45) is 0 Å². The molecule has 0 amide bonds. The topological polar surface area (TPSA) is 116 Å². The highest BCUT2D eigenvalue weighted by Gasteiger charge is 2.16. The summed E-state index contributed by atoms with van der Waals surface area (Å²) in [5.41, 5.74) is 0.930. The molecule has 0 unspecified atom stereocenters. The quantitative estimate of drug-likeness (QED) is 0.747. The van der Waals surface area contributed by atoms with Crippen molar-refractivity contribution in [2.45, 2.75) is 11.8 Å². The van der Waals surface area contributed by atoms with Gasteiger partial charge in [-0.15, -0.1) is 0 Å². The van der Waals surface area contributed by atoms with Gasteiger partial charge in [-0.25, -0.2) is 26.3 Å². The lowest BCUT2D eigenvalue weighted by Gasteiger charge is -2.08. The van der Waals surface area contributed by atoms with Crippen molar-refractivity contribution >= 4 is 20.0 Å². The van der Waals surface area contributed by atoms with Gasteiger partial charge < -0.3 is 0 Å². The highest BCUT2D eigenvalue weighted by atomic mass is 32.2. The maximum absolute atomic E-state index is 11.9. The van der Waals surface area contributed by atoms with E-state index in [0.717, 1.165) is 0 Å². The monoisotopic (exact) mass is 317 g/mol. The van der Waals surface area contributed by atoms with E-state index in [-0.39, 0.29) is 17.2 Å². The van der Waals surface area contributed by atoms with Crippen molar-refractivity contribution in [2.75, 3.05) is 19.3 Å². The lowest BCUT2D eigenvalue weighted by atomic mass is 10.1. The van der Waals surface area contributed by atoms with Gasteiger partial charge in [0.05, 0.1) is 22.3 Å². The number of rotatable bonds is 6. The van der Waals surface area contributed by atoms with E-state index in [9.17, 15) is 16.8 Å². The van der Waals surface area contributed by atoms with E-state index in [4.69, 9.17) is 5.26 Å². The summed E-state index contributed by atoms with van der Waals surface area (Å²) in [5, 5.41) is 8.78. The Morgan fingerprint density at radius 2 is 1.90 bits per heavy atom. The van der Waals surface area contributed by atoms with Crippen LogP contribution in [0.3, 0.4) is 0 Å². The Labute approximate surface area is 118 Å². The second-order valence-corrected chi connectivity index (χ2v) is 7.82. The van der Waals surface area contributed by atoms with Crippen molar-refractivity contribution in [1.29, 1.82) is 5.26 Å². The lowest BCUT2D eigenvalue weighted by molar-refractivity contribution is 0.578. The molecule has 0 aromatic heterocycles. The third kappa shape index (κ3) is 4.28. The summed E-state index contributed by atoms with van der Waals surface area (Å²) < 4.78 is 50.5. The second-order valence-electron chi connectivity index (χ2n) is 4.01. The number of hydrogen-bond donors (Lipinski definition) is 2. The molecule has 7 nitrogen and oxygen atoms in total. The van der Waals surface area contributed by atoms with Crippen molar-refractivity contribution in [3.63, 3.8) is 0 Å². The number of nitriles is 1. The summed E-state index contributed by atoms with van der Waals surface area (Å²) in [5.74, 6) is -0.349. The Hall–Kier alpha value is -1.47. The first-order chi connectivity index (χ1) is 9.22. The fraction of sp³-hybridized carbons (Fsp3) is 0.364. The highest BCUT2D eigenvalue weighted by molar-refractivity contribution is 7.90. The number of hydrogen-bond acceptors (Lipinski definition) is 5. The van der Waals surface area contributed by atoms with Gasteiger partial charge in [-0.2, -0.15) is 5.26 Å². The summed E-state index contributed by atoms with van der Waals surface area (Å²) >= 11 is 0. The van der Waals surface area contributed by atoms with Gasteiger partial charge in [0.2, 0.25) is 20.0 Å². The van der Waals surface area contributed by atoms with Crippen LogP contribution in [0.15, 0.2) is 23.1 Å². The first-order valence-corrected chi connectivity index (χ1v) is 8.77. The normalized spacial score (nSPS) is 12.1. The molecule has 2 N–H and O–H groups in total. The minimum Gasteiger partial charge on any atom is -0.218 e. The van der Waals surface area contributed by atoms with Crippen LogP contribution in [-0.2, 0) is 20.0 Å². The molecule has 0 aliphatic rings. The molecule has 1 rings (SSSR count). The van der Waals surface area contributed by atoms with Crippen LogP contribution in [0.1, 0.15) is 11.1 Å². The highest BCUT2D eigenvalue weighted by Crippen LogP contribution is 2.14. The molecule has 0 aliphatic carbocycles. The molecular formula is C11H15N3O4S2. The van der Waals surface area contributed by atoms with E-state index in [2.05, 4.69) is 9.44 Å². The van der Waals surface area contributed by atoms with Crippen LogP contribution in [0.4, 0.5) is 0 Å². The molecule has 1 aromatic carbocycles. The Balaban J connectivity index is 2.85. The molecular weight excluding hydrogens is 302 g/mol. The Morgan fingerprint density at radius 3 is 2.40 bits per heavy atom. The zero-order valence-electron chi connectivity index (χ0n) is 11.0. The molecule has 9 heteroatoms. The SMILES string of the molecule is CNS(=O)(=O)CCNS(=O)(=O)c1ccc(C#N)c(C)c1. The van der Waals surface area contributed by atoms with Crippen LogP contribution in [0, 0.1) is 18.3 Å². The van der Waals surface area contributed by atoms with Crippen LogP contribution in [0.2, 0.25) is 0 Å². The number of nitrogens with zero attached hydrogens (tertiary/aromatic N) is 1. The molecule has 110 valence electrons. The van der Waals surface area contributed by atoms with Crippen LogP contribution in [0.25, 0.3) is 0 Å². The fourth-order valence-electron chi connectivity index (χ4n) is 1.42. The van der Waals surface area contributed by atoms with Crippen LogP contribution >= 0.6 is 0 Å². The van der Waals surface area contributed by atoms with E-state index in [1.54, 1.807) is 6.92 Å². The van der Waals surface area contributed by atoms with E-state index in [1.165, 1.54) is 25.2 Å². The number of benzene rings is 1. The maximum Gasteiger partial charge on any atom is 0.240 e. The third-order valence-corrected chi connectivity index (χ3v) is 5.42. The van der Waals surface area contributed by atoms with Gasteiger partial charge in [0.15, 0.2) is 0 Å². The van der Waals surface area contributed by atoms with Gasteiger partial charge in [0.25, 0.3) is 0 Å². The lowest BCUT2D eigenvalue weighted by Crippen LogP contribution is -2.33. The molecule has 1 aromatic rings. The second kappa shape index (κ2) is 6.32. The average Bonchev–Trinajstić information content (AvgIpc) is 2.38. The van der Waals surface area contributed by atoms with E-state index in [1.807, 2.05) is 6.07 Å². The van der Waals surface area contributed by atoms with Gasteiger partial charge in [0, 0.05) is 6.54 Å². The average molecular weight is 317 g/mol. The maximum atomic E-state index is 11.9. The molecule has 0 spiro atoms. The van der Waals surface area contributed by atoms with Crippen molar-refractivity contribution in [3.8, 4) is 6.07 Å². The summed E-state index contributed by atoms with van der Waals surface area (Å²) in [7, 11) is -6.00. The zero-order chi connectivity index (χ0) is 15.4. The van der Waals surface area contributed by atoms with Crippen molar-refractivity contribution < 1.29 is 16.8 Å². The standard InChI is InChI=1S/C11H15N3O4S2/c1-9-7-11(4-3-10(9)8-12)20(17,18)14-5-6-19(15,16)13-2/h3-4,7,13-14H,5-6H2,1-2H3. The molecule has 0 atom stereocenters. The van der Waals surface area contributed by atoms with Crippen LogP contribution in [-0.4, -0.2) is 36.2 Å². The predicted octanol–water partition coefficient (Wildman–Crippen LogP) is -0.306. The Kier molecular flexibility index (Phi) is 5.24. The van der Waals surface area contributed by atoms with E-state index in [0.29, 0.717) is 11.1 Å². The minimum absolute atomic E-state index is 0.00384. The van der Waals surface area contributed by atoms with E-state index >= 15 is 0 Å². The minimum atomic E-state index is -3.79. The van der Waals surface area contributed by atoms with Crippen molar-refractivity contribution in [3.05, 3.63) is 29.3 Å². The first-order valence-electron chi connectivity index (χ1n) is 5.63. The molecule has 0 aliphatic heterocycles. The van der Waals surface area contributed by atoms with E-state index < -0.39 is 20.0 Å². The molecule has 0 heterocycles. The first kappa shape index (κ1) is 16.6. The number of sulfonamides is 2. The molecule has 0 radical (unpaired) electrons. The fourth-order valence-corrected chi connectivity index (χ4v) is 3.25. The molecule has 0 bridgehead atoms. The molecule has 0 saturated carbocycles. The smallest absolute Gasteiger partial charge is 0.218 e. The number of aryl methyl sites for hydroxylation is 1. The van der Waals surface area contributed by atoms with Crippen LogP contribution in [0.5, 0.6) is 0 Å². The summed E-state index contributed by atoms with van der Waals surface area (Å²) in [6.07, 6.45) is 0. The Bertz CT molecular complexity index is 733. The summed E-state index contributed by atoms with van der Waals surface area (Å²) in [6.45, 7) is 1.40. The van der Waals surface area contributed by atoms with Gasteiger partial charge in [0.1, 0.15) is 0 Å². The third-order valence-electron chi connectivity index (χ3n) is 2.60. The largest absolute Gasteiger partial charge is 0.240 e. The molecule has 0 fully saturated rings. The van der Waals surface area contributed by atoms with Crippen LogP contribution < -0.4 is 9.44 Å². The van der Waals surface area contributed by atoms with Gasteiger partial charge in [-0.3, -0.25) is 0 Å². The molecule has 0 saturated heterocycles. The predicted molar refractivity (Wildman–Crippen MR) is 73.9 cm³/mol. The van der Waals surface area contributed by atoms with Crippen molar-refractivity contribution in [1.82, 2.24) is 9.44 Å². The molecule has 20 heavy (non-hydrogen) atoms. The number of nitrogens with one attached hydrogen (secondary N) is 2. The van der Waals surface area contributed by atoms with Gasteiger partial charge >= 0.3 is 0 Å². The summed E-state index contributed by atoms with van der Waals surface area (Å²) in [4.78, 5) is -0.00384. The van der Waals surface area contributed by atoms with Gasteiger partial charge in [-0.05, 0) is 37.7 Å². The zero-order valence-corrected chi connectivity index (χ0v) is 12.7. The van der Waals surface area contributed by atoms with Gasteiger partial charge in [-0.1, -0.05) is 0 Å². The summed E-state index contributed by atoms with van der Waals surface area (Å²) in [6, 6.07) is 6.03. The Morgan fingerprint density at radius 1 is 1.25 bits per heavy atom.